The van der Waals surface area contributed by atoms with Gasteiger partial charge in [0.05, 0.1) is 0 Å². The third-order valence-corrected chi connectivity index (χ3v) is 3.10. The molecule has 1 heteroatoms. The molecule has 0 bridgehead atoms. The summed E-state index contributed by atoms with van der Waals surface area (Å²) in [6.07, 6.45) is 13.9. The van der Waals surface area contributed by atoms with Gasteiger partial charge in [-0.1, -0.05) is 70.1 Å². The first-order valence-corrected chi connectivity index (χ1v) is 6.65. The molecule has 0 radical (unpaired) electrons. The number of hydrogen-bond acceptors (Lipinski definition) is 0. The van der Waals surface area contributed by atoms with E-state index in [9.17, 15) is 0 Å². The molecule has 0 aromatic carbocycles. The van der Waals surface area contributed by atoms with Crippen LogP contribution in [0.3, 0.4) is 0 Å². The molecule has 1 aliphatic rings. The van der Waals surface area contributed by atoms with Gasteiger partial charge in [0, 0.05) is 0 Å². The zero-order chi connectivity index (χ0) is 12.4. The average molecular weight is 238 g/mol. The van der Waals surface area contributed by atoms with Crippen LogP contribution in [0.2, 0.25) is 0 Å². The summed E-state index contributed by atoms with van der Waals surface area (Å²) in [4.78, 5) is 0. The molecule has 1 nitrogen and oxygen atoms in total. The highest BCUT2D eigenvalue weighted by Crippen LogP contribution is 2.28. The van der Waals surface area contributed by atoms with Crippen molar-refractivity contribution in [1.29, 1.82) is 0 Å². The summed E-state index contributed by atoms with van der Waals surface area (Å²) in [5.41, 5.74) is 1.32. The minimum absolute atomic E-state index is 0. The fraction of sp³-hybridized carbons (Fsp3) is 0.625. The average Bonchev–Trinajstić information content (AvgIpc) is 2.31. The van der Waals surface area contributed by atoms with Crippen molar-refractivity contribution in [2.24, 2.45) is 11.8 Å². The number of allylic oxidation sites excluding steroid dienone is 5. The Morgan fingerprint density at radius 1 is 1.24 bits per heavy atom. The maximum absolute atomic E-state index is 4.04. The highest BCUT2D eigenvalue weighted by Gasteiger charge is 2.17. The van der Waals surface area contributed by atoms with Gasteiger partial charge in [-0.2, -0.15) is 0 Å². The van der Waals surface area contributed by atoms with E-state index in [1.54, 1.807) is 0 Å². The Morgan fingerprint density at radius 2 is 1.82 bits per heavy atom. The zero-order valence-electron chi connectivity index (χ0n) is 12.0. The molecule has 0 spiro atoms. The van der Waals surface area contributed by atoms with E-state index in [0.29, 0.717) is 11.8 Å². The standard InChI is InChI=1S/C12H18.C4H10.H2O/c1-4-12(10(2)3)11-8-6-5-7-9-11;1-3-4-2;/h5-8,11-12H,2,4,9H2,1,3H3;3-4H2,1-2H3;1H2/t11?,12-;;/m1../s1. The highest BCUT2D eigenvalue weighted by atomic mass is 16.0. The smallest absolute Gasteiger partial charge is 0.0130 e. The van der Waals surface area contributed by atoms with E-state index >= 15 is 0 Å². The van der Waals surface area contributed by atoms with Crippen LogP contribution in [0, 0.1) is 11.8 Å². The van der Waals surface area contributed by atoms with Gasteiger partial charge in [0.1, 0.15) is 0 Å². The number of rotatable bonds is 4. The van der Waals surface area contributed by atoms with Gasteiger partial charge in [0.2, 0.25) is 0 Å². The van der Waals surface area contributed by atoms with Crippen molar-refractivity contribution in [3.05, 3.63) is 36.5 Å². The monoisotopic (exact) mass is 238 g/mol. The second kappa shape index (κ2) is 11.7. The van der Waals surface area contributed by atoms with Gasteiger partial charge in [-0.15, -0.1) is 0 Å². The Morgan fingerprint density at radius 3 is 2.12 bits per heavy atom. The fourth-order valence-corrected chi connectivity index (χ4v) is 1.91. The minimum atomic E-state index is 0. The molecule has 0 saturated heterocycles. The molecular weight excluding hydrogens is 208 g/mol. The van der Waals surface area contributed by atoms with Crippen molar-refractivity contribution < 1.29 is 5.48 Å². The predicted molar refractivity (Wildman–Crippen MR) is 79.2 cm³/mol. The van der Waals surface area contributed by atoms with Crippen LogP contribution in [-0.4, -0.2) is 5.48 Å². The second-order valence-electron chi connectivity index (χ2n) is 4.57. The lowest BCUT2D eigenvalue weighted by atomic mass is 9.81. The lowest BCUT2D eigenvalue weighted by Gasteiger charge is -2.24. The molecule has 0 aromatic rings. The van der Waals surface area contributed by atoms with Crippen molar-refractivity contribution in [1.82, 2.24) is 0 Å². The van der Waals surface area contributed by atoms with Crippen molar-refractivity contribution in [3.63, 3.8) is 0 Å². The molecule has 2 N–H and O–H groups in total. The van der Waals surface area contributed by atoms with E-state index < -0.39 is 0 Å². The first-order chi connectivity index (χ1) is 7.67. The molecule has 0 amide bonds. The van der Waals surface area contributed by atoms with Gasteiger partial charge in [0.15, 0.2) is 0 Å². The van der Waals surface area contributed by atoms with Gasteiger partial charge in [-0.25, -0.2) is 0 Å². The predicted octanol–water partition coefficient (Wildman–Crippen LogP) is 4.70. The van der Waals surface area contributed by atoms with Crippen LogP contribution < -0.4 is 0 Å². The quantitative estimate of drug-likeness (QED) is 0.636. The molecule has 1 unspecified atom stereocenters. The van der Waals surface area contributed by atoms with Crippen LogP contribution in [-0.2, 0) is 0 Å². The Balaban J connectivity index is 0. The lowest BCUT2D eigenvalue weighted by Crippen LogP contribution is -2.13. The summed E-state index contributed by atoms with van der Waals surface area (Å²) in [5.74, 6) is 1.36. The summed E-state index contributed by atoms with van der Waals surface area (Å²) >= 11 is 0. The summed E-state index contributed by atoms with van der Waals surface area (Å²) < 4.78 is 0. The topological polar surface area (TPSA) is 31.5 Å². The Hall–Kier alpha value is -0.820. The largest absolute Gasteiger partial charge is 0.412 e. The molecular formula is C16H30O. The van der Waals surface area contributed by atoms with Crippen molar-refractivity contribution in [2.45, 2.75) is 53.4 Å². The highest BCUT2D eigenvalue weighted by molar-refractivity contribution is 5.15. The molecule has 0 heterocycles. The summed E-state index contributed by atoms with van der Waals surface area (Å²) in [7, 11) is 0. The van der Waals surface area contributed by atoms with Gasteiger partial charge in [0.25, 0.3) is 0 Å². The van der Waals surface area contributed by atoms with Gasteiger partial charge in [-0.05, 0) is 31.6 Å². The molecule has 0 aromatic heterocycles. The van der Waals surface area contributed by atoms with E-state index in [1.807, 2.05) is 0 Å². The lowest BCUT2D eigenvalue weighted by molar-refractivity contribution is 0.441. The first-order valence-electron chi connectivity index (χ1n) is 6.65. The summed E-state index contributed by atoms with van der Waals surface area (Å²) in [6.45, 7) is 12.8. The van der Waals surface area contributed by atoms with Crippen molar-refractivity contribution in [3.8, 4) is 0 Å². The van der Waals surface area contributed by atoms with Crippen LogP contribution in [0.1, 0.15) is 53.4 Å². The minimum Gasteiger partial charge on any atom is -0.412 e. The molecule has 2 atom stereocenters. The van der Waals surface area contributed by atoms with E-state index in [-0.39, 0.29) is 5.48 Å². The van der Waals surface area contributed by atoms with Crippen LogP contribution in [0.4, 0.5) is 0 Å². The van der Waals surface area contributed by atoms with Crippen molar-refractivity contribution in [2.75, 3.05) is 0 Å². The summed E-state index contributed by atoms with van der Waals surface area (Å²) in [6, 6.07) is 0. The van der Waals surface area contributed by atoms with E-state index in [1.165, 1.54) is 31.3 Å². The maximum Gasteiger partial charge on any atom is -0.0130 e. The van der Waals surface area contributed by atoms with Gasteiger partial charge < -0.3 is 5.48 Å². The SMILES string of the molecule is C=C(C)[C@@H](CC)C1C=CC=CC1.CCCC.O. The summed E-state index contributed by atoms with van der Waals surface area (Å²) in [5, 5.41) is 0. The maximum atomic E-state index is 4.04. The number of unbranched alkanes of at least 4 members (excludes halogenated alkanes) is 1. The van der Waals surface area contributed by atoms with Gasteiger partial charge in [-0.3, -0.25) is 0 Å². The normalized spacial score (nSPS) is 18.7. The molecule has 1 aliphatic carbocycles. The van der Waals surface area contributed by atoms with Crippen LogP contribution in [0.15, 0.2) is 36.5 Å². The Kier molecular flexibility index (Phi) is 12.7. The third kappa shape index (κ3) is 7.98. The first kappa shape index (κ1) is 18.5. The Labute approximate surface area is 108 Å². The molecule has 0 saturated carbocycles. The van der Waals surface area contributed by atoms with Crippen LogP contribution >= 0.6 is 0 Å². The number of hydrogen-bond donors (Lipinski definition) is 0. The van der Waals surface area contributed by atoms with Gasteiger partial charge >= 0.3 is 0 Å². The second-order valence-corrected chi connectivity index (χ2v) is 4.57. The van der Waals surface area contributed by atoms with E-state index in [4.69, 9.17) is 0 Å². The molecule has 0 aliphatic heterocycles. The van der Waals surface area contributed by atoms with Crippen LogP contribution in [0.25, 0.3) is 0 Å². The van der Waals surface area contributed by atoms with E-state index in [0.717, 1.165) is 0 Å². The third-order valence-electron chi connectivity index (χ3n) is 3.10. The molecule has 0 fully saturated rings. The van der Waals surface area contributed by atoms with Crippen LogP contribution in [0.5, 0.6) is 0 Å². The molecule has 1 rings (SSSR count). The van der Waals surface area contributed by atoms with E-state index in [2.05, 4.69) is 58.6 Å². The molecule has 17 heavy (non-hydrogen) atoms. The van der Waals surface area contributed by atoms with Crippen molar-refractivity contribution >= 4 is 0 Å². The zero-order valence-corrected chi connectivity index (χ0v) is 12.0. The fourth-order valence-electron chi connectivity index (χ4n) is 1.91. The molecule has 100 valence electrons. The Bertz CT molecular complexity index is 236.